The molecule has 2 N–H and O–H groups in total. The highest BCUT2D eigenvalue weighted by Crippen LogP contribution is 2.25. The van der Waals surface area contributed by atoms with Gasteiger partial charge in [-0.1, -0.05) is 31.0 Å². The van der Waals surface area contributed by atoms with Crippen LogP contribution >= 0.6 is 0 Å². The van der Waals surface area contributed by atoms with E-state index in [4.69, 9.17) is 0 Å². The molecule has 8 heteroatoms. The normalized spacial score (nSPS) is 16.0. The van der Waals surface area contributed by atoms with Crippen molar-refractivity contribution in [3.05, 3.63) is 58.7 Å². The molecule has 2 aromatic rings. The minimum absolute atomic E-state index is 0.109. The zero-order valence-corrected chi connectivity index (χ0v) is 20.6. The topological polar surface area (TPSA) is 95.6 Å². The van der Waals surface area contributed by atoms with Gasteiger partial charge in [0.05, 0.1) is 4.90 Å². The Labute approximate surface area is 196 Å². The Balaban J connectivity index is 1.72. The molecule has 1 saturated heterocycles. The van der Waals surface area contributed by atoms with Gasteiger partial charge < -0.3 is 10.2 Å². The van der Waals surface area contributed by atoms with Crippen LogP contribution in [0.2, 0.25) is 0 Å². The largest absolute Gasteiger partial charge is 0.354 e. The van der Waals surface area contributed by atoms with Crippen molar-refractivity contribution >= 4 is 27.5 Å². The molecule has 1 fully saturated rings. The van der Waals surface area contributed by atoms with Gasteiger partial charge >= 0.3 is 0 Å². The average molecular weight is 472 g/mol. The van der Waals surface area contributed by atoms with E-state index in [9.17, 15) is 18.0 Å². The van der Waals surface area contributed by atoms with Gasteiger partial charge in [0.2, 0.25) is 5.91 Å². The molecule has 178 valence electrons. The van der Waals surface area contributed by atoms with Gasteiger partial charge in [-0.05, 0) is 75.4 Å². The van der Waals surface area contributed by atoms with Crippen LogP contribution in [0.15, 0.2) is 41.3 Å². The van der Waals surface area contributed by atoms with Crippen LogP contribution in [0.25, 0.3) is 0 Å². The fourth-order valence-electron chi connectivity index (χ4n) is 4.43. The first-order valence-electron chi connectivity index (χ1n) is 11.4. The van der Waals surface area contributed by atoms with E-state index in [0.29, 0.717) is 41.9 Å². The number of anilines is 1. The Morgan fingerprint density at radius 1 is 1.06 bits per heavy atom. The number of amides is 2. The van der Waals surface area contributed by atoms with Crippen LogP contribution in [0.3, 0.4) is 0 Å². The molecule has 1 heterocycles. The number of unbranched alkanes of at least 4 members (excludes halogenated alkanes) is 1. The van der Waals surface area contributed by atoms with Crippen molar-refractivity contribution in [2.75, 3.05) is 17.8 Å². The number of likely N-dealkylation sites (tertiary alicyclic amines) is 1. The number of sulfonamides is 1. The molecule has 2 aromatic carbocycles. The lowest BCUT2D eigenvalue weighted by atomic mass is 10.1. The van der Waals surface area contributed by atoms with E-state index in [1.807, 2.05) is 19.1 Å². The van der Waals surface area contributed by atoms with Crippen molar-refractivity contribution < 1.29 is 18.0 Å². The Morgan fingerprint density at radius 2 is 1.70 bits per heavy atom. The van der Waals surface area contributed by atoms with Gasteiger partial charge in [-0.15, -0.1) is 0 Å². The van der Waals surface area contributed by atoms with Crippen LogP contribution in [0, 0.1) is 20.8 Å². The zero-order valence-electron chi connectivity index (χ0n) is 19.8. The lowest BCUT2D eigenvalue weighted by molar-refractivity contribution is -0.124. The summed E-state index contributed by atoms with van der Waals surface area (Å²) < 4.78 is 28.6. The SMILES string of the molecule is CCCCNC(=O)C1CCCN1C(=O)c1ccc(NS(=O)(=O)c2c(C)cc(C)cc2C)cc1. The molecule has 1 unspecified atom stereocenters. The molecular formula is C25H33N3O4S. The number of carbonyl (C=O) groups is 2. The van der Waals surface area contributed by atoms with Gasteiger partial charge in [0.1, 0.15) is 6.04 Å². The quantitative estimate of drug-likeness (QED) is 0.570. The second-order valence-electron chi connectivity index (χ2n) is 8.71. The first-order chi connectivity index (χ1) is 15.6. The minimum Gasteiger partial charge on any atom is -0.354 e. The molecule has 0 radical (unpaired) electrons. The van der Waals surface area contributed by atoms with E-state index in [-0.39, 0.29) is 16.7 Å². The highest BCUT2D eigenvalue weighted by Gasteiger charge is 2.34. The molecule has 0 spiro atoms. The van der Waals surface area contributed by atoms with Crippen molar-refractivity contribution in [2.45, 2.75) is 64.3 Å². The monoisotopic (exact) mass is 471 g/mol. The van der Waals surface area contributed by atoms with Crippen LogP contribution in [-0.4, -0.2) is 44.3 Å². The summed E-state index contributed by atoms with van der Waals surface area (Å²) in [7, 11) is -3.77. The van der Waals surface area contributed by atoms with Gasteiger partial charge in [0.25, 0.3) is 15.9 Å². The van der Waals surface area contributed by atoms with Crippen LogP contribution in [0.5, 0.6) is 0 Å². The summed E-state index contributed by atoms with van der Waals surface area (Å²) in [5, 5.41) is 2.92. The van der Waals surface area contributed by atoms with E-state index < -0.39 is 16.1 Å². The maximum atomic E-state index is 13.0. The van der Waals surface area contributed by atoms with Crippen molar-refractivity contribution in [3.63, 3.8) is 0 Å². The summed E-state index contributed by atoms with van der Waals surface area (Å²) >= 11 is 0. The van der Waals surface area contributed by atoms with Crippen molar-refractivity contribution in [1.29, 1.82) is 0 Å². The molecule has 0 aliphatic carbocycles. The highest BCUT2D eigenvalue weighted by atomic mass is 32.2. The second kappa shape index (κ2) is 10.4. The molecule has 2 amide bonds. The van der Waals surface area contributed by atoms with Crippen LogP contribution in [0.1, 0.15) is 59.7 Å². The molecule has 3 rings (SSSR count). The second-order valence-corrected chi connectivity index (χ2v) is 10.3. The molecule has 1 aliphatic rings. The third-order valence-electron chi connectivity index (χ3n) is 5.90. The third-order valence-corrected chi connectivity index (χ3v) is 7.59. The summed E-state index contributed by atoms with van der Waals surface area (Å²) in [6.45, 7) is 8.69. The van der Waals surface area contributed by atoms with E-state index in [0.717, 1.165) is 24.8 Å². The predicted octanol–water partition coefficient (Wildman–Crippen LogP) is 3.93. The molecule has 7 nitrogen and oxygen atoms in total. The summed E-state index contributed by atoms with van der Waals surface area (Å²) in [4.78, 5) is 27.4. The van der Waals surface area contributed by atoms with Gasteiger partial charge in [0, 0.05) is 24.3 Å². The summed E-state index contributed by atoms with van der Waals surface area (Å²) in [6.07, 6.45) is 3.33. The number of carbonyl (C=O) groups excluding carboxylic acids is 2. The Hall–Kier alpha value is -2.87. The number of rotatable bonds is 8. The number of hydrogen-bond acceptors (Lipinski definition) is 4. The molecule has 1 atom stereocenters. The van der Waals surface area contributed by atoms with Crippen molar-refractivity contribution in [2.24, 2.45) is 0 Å². The summed E-state index contributed by atoms with van der Waals surface area (Å²) in [6, 6.07) is 9.58. The fraction of sp³-hybridized carbons (Fsp3) is 0.440. The standard InChI is InChI=1S/C25H33N3O4S/c1-5-6-13-26-24(29)22-8-7-14-28(22)25(30)20-9-11-21(12-10-20)27-33(31,32)23-18(3)15-17(2)16-19(23)4/h9-12,15-16,22,27H,5-8,13-14H2,1-4H3,(H,26,29). The van der Waals surface area contributed by atoms with E-state index in [2.05, 4.69) is 17.0 Å². The number of nitrogens with zero attached hydrogens (tertiary/aromatic N) is 1. The first kappa shape index (κ1) is 24.8. The van der Waals surface area contributed by atoms with E-state index >= 15 is 0 Å². The number of aryl methyl sites for hydroxylation is 3. The maximum Gasteiger partial charge on any atom is 0.262 e. The van der Waals surface area contributed by atoms with Gasteiger partial charge in [-0.2, -0.15) is 0 Å². The molecule has 0 saturated carbocycles. The van der Waals surface area contributed by atoms with Crippen LogP contribution in [-0.2, 0) is 14.8 Å². The van der Waals surface area contributed by atoms with Crippen LogP contribution < -0.4 is 10.0 Å². The number of nitrogens with one attached hydrogen (secondary N) is 2. The number of hydrogen-bond donors (Lipinski definition) is 2. The Morgan fingerprint density at radius 3 is 2.30 bits per heavy atom. The minimum atomic E-state index is -3.77. The molecule has 1 aliphatic heterocycles. The number of benzene rings is 2. The average Bonchev–Trinajstić information content (AvgIpc) is 3.22. The molecule has 0 bridgehead atoms. The molecule has 33 heavy (non-hydrogen) atoms. The smallest absolute Gasteiger partial charge is 0.262 e. The highest BCUT2D eigenvalue weighted by molar-refractivity contribution is 7.92. The zero-order chi connectivity index (χ0) is 24.2. The lowest BCUT2D eigenvalue weighted by Crippen LogP contribution is -2.46. The fourth-order valence-corrected chi connectivity index (χ4v) is 5.95. The first-order valence-corrected chi connectivity index (χ1v) is 12.9. The Bertz CT molecular complexity index is 1100. The van der Waals surface area contributed by atoms with Gasteiger partial charge in [0.15, 0.2) is 0 Å². The van der Waals surface area contributed by atoms with Crippen molar-refractivity contribution in [3.8, 4) is 0 Å². The summed E-state index contributed by atoms with van der Waals surface area (Å²) in [5.41, 5.74) is 3.18. The molecular weight excluding hydrogens is 438 g/mol. The van der Waals surface area contributed by atoms with E-state index in [1.54, 1.807) is 43.0 Å². The summed E-state index contributed by atoms with van der Waals surface area (Å²) in [5.74, 6) is -0.328. The Kier molecular flexibility index (Phi) is 7.79. The molecule has 0 aromatic heterocycles. The van der Waals surface area contributed by atoms with Gasteiger partial charge in [-0.25, -0.2) is 8.42 Å². The third kappa shape index (κ3) is 5.74. The maximum absolute atomic E-state index is 13.0. The van der Waals surface area contributed by atoms with Crippen LogP contribution in [0.4, 0.5) is 5.69 Å². The van der Waals surface area contributed by atoms with Gasteiger partial charge in [-0.3, -0.25) is 14.3 Å². The van der Waals surface area contributed by atoms with E-state index in [1.165, 1.54) is 0 Å². The van der Waals surface area contributed by atoms with Crippen molar-refractivity contribution in [1.82, 2.24) is 10.2 Å². The lowest BCUT2D eigenvalue weighted by Gasteiger charge is -2.24. The predicted molar refractivity (Wildman–Crippen MR) is 130 cm³/mol.